The minimum absolute atomic E-state index is 0.402. The standard InChI is InChI=1S/C12H18ClN3O/c1-9-14-11(13)7-12(15-9)16-6-4-3-5-10(16)8-17-2/h7,10H,3-6,8H2,1-2H3. The fraction of sp³-hybridized carbons (Fsp3) is 0.667. The lowest BCUT2D eigenvalue weighted by Gasteiger charge is -2.36. The van der Waals surface area contributed by atoms with Crippen LogP contribution >= 0.6 is 11.6 Å². The van der Waals surface area contributed by atoms with Crippen molar-refractivity contribution >= 4 is 17.4 Å². The third-order valence-corrected chi connectivity index (χ3v) is 3.27. The van der Waals surface area contributed by atoms with E-state index in [-0.39, 0.29) is 0 Å². The van der Waals surface area contributed by atoms with Gasteiger partial charge in [-0.1, -0.05) is 11.6 Å². The van der Waals surface area contributed by atoms with Crippen LogP contribution in [0.15, 0.2) is 6.07 Å². The Balaban J connectivity index is 2.22. The number of aryl methyl sites for hydroxylation is 1. The van der Waals surface area contributed by atoms with Gasteiger partial charge in [0, 0.05) is 19.7 Å². The fourth-order valence-electron chi connectivity index (χ4n) is 2.33. The summed E-state index contributed by atoms with van der Waals surface area (Å²) in [7, 11) is 1.74. The van der Waals surface area contributed by atoms with Crippen molar-refractivity contribution in [2.24, 2.45) is 0 Å². The zero-order chi connectivity index (χ0) is 12.3. The highest BCUT2D eigenvalue weighted by Gasteiger charge is 2.23. The van der Waals surface area contributed by atoms with Crippen LogP contribution in [0, 0.1) is 6.92 Å². The van der Waals surface area contributed by atoms with E-state index in [2.05, 4.69) is 14.9 Å². The van der Waals surface area contributed by atoms with Gasteiger partial charge in [0.15, 0.2) is 0 Å². The van der Waals surface area contributed by atoms with E-state index in [9.17, 15) is 0 Å². The smallest absolute Gasteiger partial charge is 0.134 e. The van der Waals surface area contributed by atoms with Crippen molar-refractivity contribution < 1.29 is 4.74 Å². The van der Waals surface area contributed by atoms with Crippen LogP contribution in [0.4, 0.5) is 5.82 Å². The number of hydrogen-bond donors (Lipinski definition) is 0. The average molecular weight is 256 g/mol. The number of halogens is 1. The first-order chi connectivity index (χ1) is 8.20. The van der Waals surface area contributed by atoms with E-state index in [0.717, 1.165) is 25.4 Å². The zero-order valence-corrected chi connectivity index (χ0v) is 11.1. The molecule has 1 saturated heterocycles. The Morgan fingerprint density at radius 1 is 1.47 bits per heavy atom. The largest absolute Gasteiger partial charge is 0.383 e. The lowest BCUT2D eigenvalue weighted by molar-refractivity contribution is 0.166. The Kier molecular flexibility index (Phi) is 4.18. The van der Waals surface area contributed by atoms with Crippen molar-refractivity contribution in [3.8, 4) is 0 Å². The maximum atomic E-state index is 5.99. The van der Waals surface area contributed by atoms with Crippen molar-refractivity contribution in [3.05, 3.63) is 17.0 Å². The molecule has 1 aliphatic heterocycles. The van der Waals surface area contributed by atoms with E-state index in [0.29, 0.717) is 17.0 Å². The molecule has 0 radical (unpaired) electrons. The number of rotatable bonds is 3. The van der Waals surface area contributed by atoms with Crippen molar-refractivity contribution in [3.63, 3.8) is 0 Å². The van der Waals surface area contributed by atoms with Crippen molar-refractivity contribution in [1.29, 1.82) is 0 Å². The highest BCUT2D eigenvalue weighted by Crippen LogP contribution is 2.24. The monoisotopic (exact) mass is 255 g/mol. The molecule has 4 nitrogen and oxygen atoms in total. The number of nitrogens with zero attached hydrogens (tertiary/aromatic N) is 3. The van der Waals surface area contributed by atoms with E-state index in [4.69, 9.17) is 16.3 Å². The predicted molar refractivity (Wildman–Crippen MR) is 68.6 cm³/mol. The molecule has 0 N–H and O–H groups in total. The Bertz CT molecular complexity index is 364. The van der Waals surface area contributed by atoms with Crippen LogP contribution in [0.2, 0.25) is 5.15 Å². The van der Waals surface area contributed by atoms with Crippen molar-refractivity contribution in [2.75, 3.05) is 25.2 Å². The second kappa shape index (κ2) is 5.65. The third kappa shape index (κ3) is 3.07. The minimum atomic E-state index is 0.402. The first-order valence-electron chi connectivity index (χ1n) is 5.97. The lowest BCUT2D eigenvalue weighted by atomic mass is 10.0. The number of ether oxygens (including phenoxy) is 1. The molecule has 17 heavy (non-hydrogen) atoms. The Morgan fingerprint density at radius 3 is 3.00 bits per heavy atom. The van der Waals surface area contributed by atoms with Gasteiger partial charge in [-0.15, -0.1) is 0 Å². The van der Waals surface area contributed by atoms with Gasteiger partial charge in [-0.2, -0.15) is 0 Å². The van der Waals surface area contributed by atoms with Gasteiger partial charge in [-0.3, -0.25) is 0 Å². The molecule has 0 aromatic carbocycles. The van der Waals surface area contributed by atoms with Gasteiger partial charge in [0.2, 0.25) is 0 Å². The van der Waals surface area contributed by atoms with Crippen LogP contribution < -0.4 is 4.90 Å². The number of hydrogen-bond acceptors (Lipinski definition) is 4. The summed E-state index contributed by atoms with van der Waals surface area (Å²) in [4.78, 5) is 10.8. The van der Waals surface area contributed by atoms with Gasteiger partial charge in [0.05, 0.1) is 12.6 Å². The summed E-state index contributed by atoms with van der Waals surface area (Å²) in [6, 6.07) is 2.24. The molecular formula is C12H18ClN3O. The number of aromatic nitrogens is 2. The number of methoxy groups -OCH3 is 1. The van der Waals surface area contributed by atoms with E-state index >= 15 is 0 Å². The fourth-order valence-corrected chi connectivity index (χ4v) is 2.55. The van der Waals surface area contributed by atoms with E-state index in [1.54, 1.807) is 7.11 Å². The SMILES string of the molecule is COCC1CCCCN1c1cc(Cl)nc(C)n1. The normalized spacial score (nSPS) is 20.6. The molecule has 1 unspecified atom stereocenters. The average Bonchev–Trinajstić information content (AvgIpc) is 2.29. The molecule has 2 heterocycles. The molecule has 1 aromatic heterocycles. The van der Waals surface area contributed by atoms with Crippen molar-refractivity contribution in [2.45, 2.75) is 32.2 Å². The predicted octanol–water partition coefficient (Wildman–Crippen LogP) is 2.44. The molecule has 0 saturated carbocycles. The van der Waals surface area contributed by atoms with E-state index in [1.807, 2.05) is 13.0 Å². The highest BCUT2D eigenvalue weighted by atomic mass is 35.5. The maximum absolute atomic E-state index is 5.99. The zero-order valence-electron chi connectivity index (χ0n) is 10.3. The molecule has 1 aromatic rings. The first kappa shape index (κ1) is 12.6. The Morgan fingerprint density at radius 2 is 2.29 bits per heavy atom. The molecule has 1 aliphatic rings. The molecular weight excluding hydrogens is 238 g/mol. The second-order valence-electron chi connectivity index (χ2n) is 4.39. The molecule has 5 heteroatoms. The summed E-state index contributed by atoms with van der Waals surface area (Å²) in [5.41, 5.74) is 0. The molecule has 1 fully saturated rings. The van der Waals surface area contributed by atoms with Gasteiger partial charge in [-0.05, 0) is 26.2 Å². The third-order valence-electron chi connectivity index (χ3n) is 3.07. The van der Waals surface area contributed by atoms with Gasteiger partial charge in [0.1, 0.15) is 16.8 Å². The number of anilines is 1. The summed E-state index contributed by atoms with van der Waals surface area (Å²) in [6.07, 6.45) is 3.59. The molecule has 94 valence electrons. The lowest BCUT2D eigenvalue weighted by Crippen LogP contribution is -2.43. The summed E-state index contributed by atoms with van der Waals surface area (Å²) >= 11 is 5.99. The molecule has 0 spiro atoms. The van der Waals surface area contributed by atoms with Gasteiger partial charge >= 0.3 is 0 Å². The molecule has 1 atom stereocenters. The molecule has 0 bridgehead atoms. The van der Waals surface area contributed by atoms with Crippen LogP contribution in [0.25, 0.3) is 0 Å². The maximum Gasteiger partial charge on any atom is 0.134 e. The second-order valence-corrected chi connectivity index (χ2v) is 4.78. The summed E-state index contributed by atoms with van der Waals surface area (Å²) in [5, 5.41) is 0.509. The summed E-state index contributed by atoms with van der Waals surface area (Å²) in [6.45, 7) is 3.62. The molecule has 0 amide bonds. The van der Waals surface area contributed by atoms with E-state index in [1.165, 1.54) is 12.8 Å². The van der Waals surface area contributed by atoms with Crippen LogP contribution in [0.5, 0.6) is 0 Å². The quantitative estimate of drug-likeness (QED) is 0.778. The van der Waals surface area contributed by atoms with Gasteiger partial charge < -0.3 is 9.64 Å². The Hall–Kier alpha value is -0.870. The van der Waals surface area contributed by atoms with Gasteiger partial charge in [-0.25, -0.2) is 9.97 Å². The summed E-state index contributed by atoms with van der Waals surface area (Å²) < 4.78 is 5.28. The van der Waals surface area contributed by atoms with Crippen molar-refractivity contribution in [1.82, 2.24) is 9.97 Å². The van der Waals surface area contributed by atoms with Crippen LogP contribution in [-0.4, -0.2) is 36.3 Å². The Labute approximate surface area is 107 Å². The number of piperidine rings is 1. The summed E-state index contributed by atoms with van der Waals surface area (Å²) in [5.74, 6) is 1.64. The van der Waals surface area contributed by atoms with E-state index < -0.39 is 0 Å². The minimum Gasteiger partial charge on any atom is -0.383 e. The topological polar surface area (TPSA) is 38.2 Å². The highest BCUT2D eigenvalue weighted by molar-refractivity contribution is 6.29. The van der Waals surface area contributed by atoms with Crippen LogP contribution in [-0.2, 0) is 4.74 Å². The van der Waals surface area contributed by atoms with Gasteiger partial charge in [0.25, 0.3) is 0 Å². The molecule has 0 aliphatic carbocycles. The van der Waals surface area contributed by atoms with Crippen LogP contribution in [0.1, 0.15) is 25.1 Å². The van der Waals surface area contributed by atoms with Crippen LogP contribution in [0.3, 0.4) is 0 Å². The molecule has 2 rings (SSSR count). The first-order valence-corrected chi connectivity index (χ1v) is 6.35.